The zero-order valence-corrected chi connectivity index (χ0v) is 10.1. The number of amides is 1. The van der Waals surface area contributed by atoms with Crippen molar-refractivity contribution in [3.8, 4) is 0 Å². The minimum Gasteiger partial charge on any atom is -0.465 e. The normalized spacial score (nSPS) is 9.59. The van der Waals surface area contributed by atoms with Crippen LogP contribution in [0, 0.1) is 0 Å². The Morgan fingerprint density at radius 3 is 2.35 bits per heavy atom. The maximum absolute atomic E-state index is 11.6. The average molecular weight is 237 g/mol. The molecule has 92 valence electrons. The summed E-state index contributed by atoms with van der Waals surface area (Å²) in [4.78, 5) is 24.5. The second-order valence-corrected chi connectivity index (χ2v) is 3.22. The van der Waals surface area contributed by atoms with Crippen molar-refractivity contribution in [3.05, 3.63) is 29.8 Å². The standard InChI is InChI=1S/C12H15NO4/c1-4-13(12(15)17-3)10-8-6-5-7-9(10)11(14)16-2/h5-8H,4H2,1-3H3. The summed E-state index contributed by atoms with van der Waals surface area (Å²) in [5.41, 5.74) is 0.816. The molecule has 0 saturated carbocycles. The minimum atomic E-state index is -0.510. The van der Waals surface area contributed by atoms with Crippen LogP contribution in [0.5, 0.6) is 0 Å². The van der Waals surface area contributed by atoms with Gasteiger partial charge in [-0.05, 0) is 19.1 Å². The van der Waals surface area contributed by atoms with E-state index in [4.69, 9.17) is 0 Å². The number of rotatable bonds is 3. The van der Waals surface area contributed by atoms with Crippen LogP contribution in [0.2, 0.25) is 0 Å². The Kier molecular flexibility index (Phi) is 4.51. The number of hydrogen-bond donors (Lipinski definition) is 0. The first-order valence-corrected chi connectivity index (χ1v) is 5.18. The molecule has 0 heterocycles. The maximum atomic E-state index is 11.6. The van der Waals surface area contributed by atoms with Crippen molar-refractivity contribution < 1.29 is 19.1 Å². The molecule has 0 aliphatic carbocycles. The lowest BCUT2D eigenvalue weighted by Crippen LogP contribution is -2.31. The van der Waals surface area contributed by atoms with Crippen molar-refractivity contribution in [1.29, 1.82) is 0 Å². The molecule has 0 aromatic heterocycles. The summed E-state index contributed by atoms with van der Waals surface area (Å²) in [6.07, 6.45) is -0.510. The Labute approximate surface area is 99.9 Å². The molecule has 0 atom stereocenters. The second kappa shape index (κ2) is 5.89. The Morgan fingerprint density at radius 2 is 1.82 bits per heavy atom. The number of nitrogens with zero attached hydrogens (tertiary/aromatic N) is 1. The average Bonchev–Trinajstić information content (AvgIpc) is 2.39. The lowest BCUT2D eigenvalue weighted by atomic mass is 10.1. The quantitative estimate of drug-likeness (QED) is 0.755. The predicted octanol–water partition coefficient (Wildman–Crippen LogP) is 2.07. The fourth-order valence-electron chi connectivity index (χ4n) is 1.50. The van der Waals surface area contributed by atoms with Crippen molar-refractivity contribution in [2.24, 2.45) is 0 Å². The number of esters is 1. The highest BCUT2D eigenvalue weighted by Crippen LogP contribution is 2.21. The van der Waals surface area contributed by atoms with E-state index >= 15 is 0 Å². The molecule has 0 aliphatic rings. The first-order valence-electron chi connectivity index (χ1n) is 5.18. The van der Waals surface area contributed by atoms with Gasteiger partial charge in [-0.1, -0.05) is 12.1 Å². The molecule has 0 unspecified atom stereocenters. The molecule has 5 nitrogen and oxygen atoms in total. The molecule has 0 N–H and O–H groups in total. The van der Waals surface area contributed by atoms with Gasteiger partial charge in [-0.25, -0.2) is 9.59 Å². The number of hydrogen-bond acceptors (Lipinski definition) is 4. The molecule has 0 radical (unpaired) electrons. The zero-order chi connectivity index (χ0) is 12.8. The number of carbonyl (C=O) groups excluding carboxylic acids is 2. The predicted molar refractivity (Wildman–Crippen MR) is 63.2 cm³/mol. The van der Waals surface area contributed by atoms with Crippen molar-refractivity contribution in [2.75, 3.05) is 25.7 Å². The van der Waals surface area contributed by atoms with E-state index < -0.39 is 12.1 Å². The van der Waals surface area contributed by atoms with Crippen molar-refractivity contribution in [1.82, 2.24) is 0 Å². The Morgan fingerprint density at radius 1 is 1.18 bits per heavy atom. The summed E-state index contributed by atoms with van der Waals surface area (Å²) >= 11 is 0. The van der Waals surface area contributed by atoms with Crippen LogP contribution < -0.4 is 4.90 Å². The maximum Gasteiger partial charge on any atom is 0.414 e. The zero-order valence-electron chi connectivity index (χ0n) is 10.1. The third-order valence-corrected chi connectivity index (χ3v) is 2.31. The number of para-hydroxylation sites is 1. The first-order chi connectivity index (χ1) is 8.15. The van der Waals surface area contributed by atoms with Gasteiger partial charge in [-0.2, -0.15) is 0 Å². The van der Waals surface area contributed by atoms with E-state index in [2.05, 4.69) is 9.47 Å². The summed E-state index contributed by atoms with van der Waals surface area (Å²) < 4.78 is 9.33. The SMILES string of the molecule is CCN(C(=O)OC)c1ccccc1C(=O)OC. The van der Waals surface area contributed by atoms with Gasteiger partial charge in [0.05, 0.1) is 25.5 Å². The van der Waals surface area contributed by atoms with Gasteiger partial charge in [0, 0.05) is 6.54 Å². The van der Waals surface area contributed by atoms with Crippen LogP contribution in [0.4, 0.5) is 10.5 Å². The number of benzene rings is 1. The summed E-state index contributed by atoms with van der Waals surface area (Å²) in [6.45, 7) is 2.20. The van der Waals surface area contributed by atoms with E-state index in [1.807, 2.05) is 0 Å². The molecule has 1 amide bonds. The van der Waals surface area contributed by atoms with E-state index in [1.54, 1.807) is 31.2 Å². The van der Waals surface area contributed by atoms with E-state index in [-0.39, 0.29) is 0 Å². The van der Waals surface area contributed by atoms with Gasteiger partial charge in [0.1, 0.15) is 0 Å². The number of carbonyl (C=O) groups is 2. The number of anilines is 1. The Balaban J connectivity index is 3.19. The van der Waals surface area contributed by atoms with Gasteiger partial charge < -0.3 is 9.47 Å². The van der Waals surface area contributed by atoms with Gasteiger partial charge in [-0.15, -0.1) is 0 Å². The summed E-state index contributed by atoms with van der Waals surface area (Å²) in [7, 11) is 2.60. The fourth-order valence-corrected chi connectivity index (χ4v) is 1.50. The van der Waals surface area contributed by atoms with E-state index in [9.17, 15) is 9.59 Å². The Hall–Kier alpha value is -2.04. The fraction of sp³-hybridized carbons (Fsp3) is 0.333. The summed E-state index contributed by atoms with van der Waals surface area (Å²) in [5, 5.41) is 0. The highest BCUT2D eigenvalue weighted by atomic mass is 16.5. The molecule has 0 fully saturated rings. The van der Waals surface area contributed by atoms with Crippen LogP contribution >= 0.6 is 0 Å². The van der Waals surface area contributed by atoms with Crippen LogP contribution in [0.25, 0.3) is 0 Å². The Bertz CT molecular complexity index is 417. The van der Waals surface area contributed by atoms with Crippen LogP contribution in [-0.2, 0) is 9.47 Å². The topological polar surface area (TPSA) is 55.8 Å². The summed E-state index contributed by atoms with van der Waals surface area (Å²) in [6, 6.07) is 6.73. The van der Waals surface area contributed by atoms with Crippen molar-refractivity contribution in [2.45, 2.75) is 6.92 Å². The minimum absolute atomic E-state index is 0.335. The van der Waals surface area contributed by atoms with E-state index in [0.29, 0.717) is 17.8 Å². The second-order valence-electron chi connectivity index (χ2n) is 3.22. The summed E-state index contributed by atoms with van der Waals surface area (Å²) in [5.74, 6) is -0.483. The van der Waals surface area contributed by atoms with Gasteiger partial charge in [0.2, 0.25) is 0 Å². The molecule has 1 aromatic rings. The van der Waals surface area contributed by atoms with Crippen molar-refractivity contribution >= 4 is 17.7 Å². The van der Waals surface area contributed by atoms with Crippen LogP contribution in [0.15, 0.2) is 24.3 Å². The molecule has 0 aliphatic heterocycles. The van der Waals surface area contributed by atoms with Crippen molar-refractivity contribution in [3.63, 3.8) is 0 Å². The molecule has 5 heteroatoms. The first kappa shape index (κ1) is 13.0. The van der Waals surface area contributed by atoms with E-state index in [0.717, 1.165) is 0 Å². The van der Waals surface area contributed by atoms with Crippen LogP contribution in [-0.4, -0.2) is 32.8 Å². The highest BCUT2D eigenvalue weighted by Gasteiger charge is 2.20. The molecule has 1 aromatic carbocycles. The molecule has 0 spiro atoms. The van der Waals surface area contributed by atoms with Gasteiger partial charge >= 0.3 is 12.1 Å². The smallest absolute Gasteiger partial charge is 0.414 e. The van der Waals surface area contributed by atoms with E-state index in [1.165, 1.54) is 19.1 Å². The van der Waals surface area contributed by atoms with Crippen LogP contribution in [0.3, 0.4) is 0 Å². The molecular weight excluding hydrogens is 222 g/mol. The lowest BCUT2D eigenvalue weighted by molar-refractivity contribution is 0.0601. The third-order valence-electron chi connectivity index (χ3n) is 2.31. The highest BCUT2D eigenvalue weighted by molar-refractivity contribution is 6.00. The number of ether oxygens (including phenoxy) is 2. The number of methoxy groups -OCH3 is 2. The van der Waals surface area contributed by atoms with Gasteiger partial charge in [-0.3, -0.25) is 4.90 Å². The van der Waals surface area contributed by atoms with Gasteiger partial charge in [0.25, 0.3) is 0 Å². The molecule has 0 saturated heterocycles. The molecule has 0 bridgehead atoms. The largest absolute Gasteiger partial charge is 0.465 e. The lowest BCUT2D eigenvalue weighted by Gasteiger charge is -2.21. The molecular formula is C12H15NO4. The monoisotopic (exact) mass is 237 g/mol. The molecule has 17 heavy (non-hydrogen) atoms. The third kappa shape index (κ3) is 2.75. The molecule has 1 rings (SSSR count). The van der Waals surface area contributed by atoms with Gasteiger partial charge in [0.15, 0.2) is 0 Å². The van der Waals surface area contributed by atoms with Crippen LogP contribution in [0.1, 0.15) is 17.3 Å².